The Kier molecular flexibility index (Phi) is 6.36. The van der Waals surface area contributed by atoms with Crippen LogP contribution in [-0.4, -0.2) is 56.3 Å². The maximum atomic E-state index is 12.7. The molecule has 3 rings (SSSR count). The zero-order valence-corrected chi connectivity index (χ0v) is 15.5. The summed E-state index contributed by atoms with van der Waals surface area (Å²) in [6.45, 7) is 2.10. The van der Waals surface area contributed by atoms with Gasteiger partial charge in [0, 0.05) is 26.1 Å². The van der Waals surface area contributed by atoms with Crippen LogP contribution in [0.2, 0.25) is 0 Å². The second-order valence-electron chi connectivity index (χ2n) is 6.08. The number of hydrogen-bond donors (Lipinski definition) is 0. The van der Waals surface area contributed by atoms with Crippen LogP contribution in [0.4, 0.5) is 0 Å². The minimum absolute atomic E-state index is 0.0914. The molecule has 0 spiro atoms. The summed E-state index contributed by atoms with van der Waals surface area (Å²) in [4.78, 5) is 4.69. The predicted octanol–water partition coefficient (Wildman–Crippen LogP) is 1.80. The average molecular weight is 381 g/mol. The number of hydrogen-bond acceptors (Lipinski definition) is 7. The van der Waals surface area contributed by atoms with Gasteiger partial charge in [-0.1, -0.05) is 23.4 Å². The van der Waals surface area contributed by atoms with E-state index in [1.165, 1.54) is 4.31 Å². The van der Waals surface area contributed by atoms with Gasteiger partial charge in [0.15, 0.2) is 5.82 Å². The number of sulfonamides is 1. The van der Waals surface area contributed by atoms with Crippen LogP contribution in [0.1, 0.15) is 30.5 Å². The number of methoxy groups -OCH3 is 1. The molecule has 2 heterocycles. The molecule has 1 aromatic carbocycles. The van der Waals surface area contributed by atoms with Crippen molar-refractivity contribution in [3.05, 3.63) is 42.0 Å². The molecule has 2 aromatic rings. The van der Waals surface area contributed by atoms with Crippen molar-refractivity contribution in [2.75, 3.05) is 33.4 Å². The Labute approximate surface area is 153 Å². The van der Waals surface area contributed by atoms with Gasteiger partial charge in [-0.3, -0.25) is 0 Å². The predicted molar refractivity (Wildman–Crippen MR) is 93.0 cm³/mol. The van der Waals surface area contributed by atoms with Gasteiger partial charge >= 0.3 is 0 Å². The Morgan fingerprint density at radius 1 is 1.19 bits per heavy atom. The molecule has 1 aromatic heterocycles. The largest absolute Gasteiger partial charge is 0.382 e. The van der Waals surface area contributed by atoms with E-state index < -0.39 is 10.0 Å². The molecule has 0 radical (unpaired) electrons. The van der Waals surface area contributed by atoms with E-state index in [1.54, 1.807) is 37.4 Å². The van der Waals surface area contributed by atoms with Crippen molar-refractivity contribution < 1.29 is 22.4 Å². The molecule has 0 unspecified atom stereocenters. The van der Waals surface area contributed by atoms with Crippen LogP contribution in [0.25, 0.3) is 0 Å². The molecule has 142 valence electrons. The van der Waals surface area contributed by atoms with Crippen LogP contribution in [0.15, 0.2) is 39.8 Å². The fourth-order valence-electron chi connectivity index (χ4n) is 2.89. The van der Waals surface area contributed by atoms with E-state index in [4.69, 9.17) is 14.0 Å². The number of ether oxygens (including phenoxy) is 2. The van der Waals surface area contributed by atoms with Gasteiger partial charge in [-0.2, -0.15) is 9.29 Å². The second-order valence-corrected chi connectivity index (χ2v) is 8.02. The Hall–Kier alpha value is -1.81. The number of nitrogens with zero attached hydrogens (tertiary/aromatic N) is 3. The summed E-state index contributed by atoms with van der Waals surface area (Å²) >= 11 is 0. The third kappa shape index (κ3) is 4.47. The summed E-state index contributed by atoms with van der Waals surface area (Å²) in [5, 5.41) is 4.02. The van der Waals surface area contributed by atoms with Gasteiger partial charge in [-0.15, -0.1) is 0 Å². The van der Waals surface area contributed by atoms with E-state index in [9.17, 15) is 8.42 Å². The molecule has 1 aliphatic heterocycles. The lowest BCUT2D eigenvalue weighted by Crippen LogP contribution is -2.38. The Morgan fingerprint density at radius 2 is 1.92 bits per heavy atom. The summed E-state index contributed by atoms with van der Waals surface area (Å²) in [5.74, 6) is 1.14. The highest BCUT2D eigenvalue weighted by Gasteiger charge is 2.31. The third-order valence-electron chi connectivity index (χ3n) is 4.34. The average Bonchev–Trinajstić information content (AvgIpc) is 3.15. The van der Waals surface area contributed by atoms with Crippen molar-refractivity contribution in [3.8, 4) is 0 Å². The lowest BCUT2D eigenvalue weighted by atomic mass is 9.98. The molecule has 1 aliphatic rings. The minimum atomic E-state index is -3.44. The normalized spacial score (nSPS) is 16.8. The number of benzene rings is 1. The summed E-state index contributed by atoms with van der Waals surface area (Å²) in [7, 11) is -1.83. The Balaban J connectivity index is 1.55. The molecule has 8 nitrogen and oxygen atoms in total. The zero-order chi connectivity index (χ0) is 18.4. The third-order valence-corrected chi connectivity index (χ3v) is 6.25. The molecular weight excluding hydrogens is 358 g/mol. The number of rotatable bonds is 8. The van der Waals surface area contributed by atoms with E-state index in [2.05, 4.69) is 10.1 Å². The van der Waals surface area contributed by atoms with Gasteiger partial charge in [-0.25, -0.2) is 8.42 Å². The van der Waals surface area contributed by atoms with Crippen LogP contribution < -0.4 is 0 Å². The summed E-state index contributed by atoms with van der Waals surface area (Å²) in [6.07, 6.45) is 1.32. The SMILES string of the molecule is COCCOCc1nc(C2CCN(S(=O)(=O)c3ccccc3)CC2)no1. The lowest BCUT2D eigenvalue weighted by molar-refractivity contribution is 0.0494. The smallest absolute Gasteiger partial charge is 0.252 e. The highest BCUT2D eigenvalue weighted by atomic mass is 32.2. The molecule has 0 atom stereocenters. The maximum absolute atomic E-state index is 12.7. The highest BCUT2D eigenvalue weighted by molar-refractivity contribution is 7.89. The quantitative estimate of drug-likeness (QED) is 0.644. The van der Waals surface area contributed by atoms with Crippen molar-refractivity contribution in [1.29, 1.82) is 0 Å². The molecule has 26 heavy (non-hydrogen) atoms. The monoisotopic (exact) mass is 381 g/mol. The minimum Gasteiger partial charge on any atom is -0.382 e. The van der Waals surface area contributed by atoms with Crippen LogP contribution in [0.5, 0.6) is 0 Å². The molecule has 0 N–H and O–H groups in total. The van der Waals surface area contributed by atoms with Crippen LogP contribution >= 0.6 is 0 Å². The van der Waals surface area contributed by atoms with E-state index >= 15 is 0 Å². The molecule has 0 saturated carbocycles. The molecule has 0 amide bonds. The summed E-state index contributed by atoms with van der Waals surface area (Å²) < 4.78 is 42.3. The molecule has 1 saturated heterocycles. The molecular formula is C17H23N3O5S. The lowest BCUT2D eigenvalue weighted by Gasteiger charge is -2.29. The molecule has 0 aliphatic carbocycles. The maximum Gasteiger partial charge on any atom is 0.252 e. The first-order valence-corrected chi connectivity index (χ1v) is 9.99. The first-order chi connectivity index (χ1) is 12.6. The number of piperidine rings is 1. The molecule has 9 heteroatoms. The van der Waals surface area contributed by atoms with E-state index in [1.807, 2.05) is 0 Å². The summed E-state index contributed by atoms with van der Waals surface area (Å²) in [6, 6.07) is 8.51. The highest BCUT2D eigenvalue weighted by Crippen LogP contribution is 2.29. The van der Waals surface area contributed by atoms with Crippen molar-refractivity contribution in [2.24, 2.45) is 0 Å². The fourth-order valence-corrected chi connectivity index (χ4v) is 4.38. The second kappa shape index (κ2) is 8.72. The van der Waals surface area contributed by atoms with Gasteiger partial charge in [0.2, 0.25) is 10.0 Å². The van der Waals surface area contributed by atoms with Crippen molar-refractivity contribution in [3.63, 3.8) is 0 Å². The van der Waals surface area contributed by atoms with Crippen LogP contribution in [0, 0.1) is 0 Å². The van der Waals surface area contributed by atoms with Crippen molar-refractivity contribution in [1.82, 2.24) is 14.4 Å². The van der Waals surface area contributed by atoms with Crippen molar-refractivity contribution in [2.45, 2.75) is 30.3 Å². The first kappa shape index (κ1) is 19.0. The van der Waals surface area contributed by atoms with Gasteiger partial charge in [0.1, 0.15) is 6.61 Å². The van der Waals surface area contributed by atoms with E-state index in [0.29, 0.717) is 55.8 Å². The molecule has 1 fully saturated rings. The van der Waals surface area contributed by atoms with E-state index in [-0.39, 0.29) is 12.5 Å². The number of aromatic nitrogens is 2. The van der Waals surface area contributed by atoms with Gasteiger partial charge in [-0.05, 0) is 25.0 Å². The van der Waals surface area contributed by atoms with Crippen LogP contribution in [-0.2, 0) is 26.1 Å². The van der Waals surface area contributed by atoms with Crippen LogP contribution in [0.3, 0.4) is 0 Å². The zero-order valence-electron chi connectivity index (χ0n) is 14.7. The first-order valence-electron chi connectivity index (χ1n) is 8.55. The van der Waals surface area contributed by atoms with E-state index in [0.717, 1.165) is 0 Å². The van der Waals surface area contributed by atoms with Gasteiger partial charge < -0.3 is 14.0 Å². The standard InChI is InChI=1S/C17H23N3O5S/c1-23-11-12-24-13-16-18-17(19-25-16)14-7-9-20(10-8-14)26(21,22)15-5-3-2-4-6-15/h2-6,14H,7-13H2,1H3. The van der Waals surface area contributed by atoms with Gasteiger partial charge in [0.25, 0.3) is 5.89 Å². The Bertz CT molecular complexity index is 786. The summed E-state index contributed by atoms with van der Waals surface area (Å²) in [5.41, 5.74) is 0. The fraction of sp³-hybridized carbons (Fsp3) is 0.529. The topological polar surface area (TPSA) is 94.8 Å². The Morgan fingerprint density at radius 3 is 2.62 bits per heavy atom. The van der Waals surface area contributed by atoms with Crippen molar-refractivity contribution >= 4 is 10.0 Å². The molecule has 0 bridgehead atoms. The van der Waals surface area contributed by atoms with Gasteiger partial charge in [0.05, 0.1) is 18.1 Å².